The van der Waals surface area contributed by atoms with Gasteiger partial charge in [-0.3, -0.25) is 4.79 Å². The fourth-order valence-corrected chi connectivity index (χ4v) is 2.58. The van der Waals surface area contributed by atoms with Crippen LogP contribution in [0.15, 0.2) is 0 Å². The van der Waals surface area contributed by atoms with Crippen molar-refractivity contribution >= 4 is 18.2 Å². The van der Waals surface area contributed by atoms with E-state index in [0.29, 0.717) is 13.0 Å². The second-order valence-electron chi connectivity index (χ2n) is 8.33. The Labute approximate surface area is 155 Å². The topological polar surface area (TPSA) is 94.2 Å². The Balaban J connectivity index is 2.85. The normalized spacial score (nSPS) is 21.0. The highest BCUT2D eigenvalue weighted by Crippen LogP contribution is 2.22. The molecule has 2 unspecified atom stereocenters. The average Bonchev–Trinajstić information content (AvgIpc) is 2.43. The van der Waals surface area contributed by atoms with E-state index in [0.717, 1.165) is 0 Å². The number of nitrogens with one attached hydrogen (secondary N) is 1. The summed E-state index contributed by atoms with van der Waals surface area (Å²) in [5, 5.41) is 2.70. The molecule has 2 amide bonds. The minimum Gasteiger partial charge on any atom is -0.466 e. The lowest BCUT2D eigenvalue weighted by Gasteiger charge is -2.38. The Morgan fingerprint density at radius 1 is 1.04 bits per heavy atom. The van der Waals surface area contributed by atoms with Crippen molar-refractivity contribution in [3.63, 3.8) is 0 Å². The molecule has 8 nitrogen and oxygen atoms in total. The maximum Gasteiger partial charge on any atom is 0.410 e. The van der Waals surface area contributed by atoms with Gasteiger partial charge in [0.1, 0.15) is 11.2 Å². The molecular formula is C18H32N2O6. The summed E-state index contributed by atoms with van der Waals surface area (Å²) in [6, 6.07) is -0.606. The fraction of sp³-hybridized carbons (Fsp3) is 0.833. The number of alkyl carbamates (subject to hydrolysis) is 1. The third kappa shape index (κ3) is 7.49. The first-order chi connectivity index (χ1) is 11.8. The van der Waals surface area contributed by atoms with Gasteiger partial charge in [0, 0.05) is 13.1 Å². The molecule has 1 fully saturated rings. The van der Waals surface area contributed by atoms with Crippen LogP contribution in [0.5, 0.6) is 0 Å². The molecule has 8 heteroatoms. The number of ether oxygens (including phenoxy) is 3. The van der Waals surface area contributed by atoms with Gasteiger partial charge in [0.15, 0.2) is 0 Å². The molecule has 1 saturated heterocycles. The number of hydrogen-bond acceptors (Lipinski definition) is 6. The fourth-order valence-electron chi connectivity index (χ4n) is 2.58. The first-order valence-electron chi connectivity index (χ1n) is 8.96. The number of carbonyl (C=O) groups excluding carboxylic acids is 3. The van der Waals surface area contributed by atoms with E-state index >= 15 is 0 Å². The van der Waals surface area contributed by atoms with Gasteiger partial charge in [0.2, 0.25) is 0 Å². The molecule has 0 spiro atoms. The third-order valence-electron chi connectivity index (χ3n) is 3.56. The van der Waals surface area contributed by atoms with E-state index in [-0.39, 0.29) is 13.2 Å². The third-order valence-corrected chi connectivity index (χ3v) is 3.56. The van der Waals surface area contributed by atoms with Crippen LogP contribution in [0.4, 0.5) is 9.59 Å². The van der Waals surface area contributed by atoms with Crippen LogP contribution in [0, 0.1) is 5.92 Å². The summed E-state index contributed by atoms with van der Waals surface area (Å²) < 4.78 is 15.8. The van der Waals surface area contributed by atoms with Crippen LogP contribution in [-0.4, -0.2) is 60.0 Å². The van der Waals surface area contributed by atoms with Gasteiger partial charge in [0.05, 0.1) is 18.6 Å². The van der Waals surface area contributed by atoms with Gasteiger partial charge in [-0.05, 0) is 54.9 Å². The summed E-state index contributed by atoms with van der Waals surface area (Å²) in [6.07, 6.45) is -0.739. The van der Waals surface area contributed by atoms with Crippen molar-refractivity contribution in [2.45, 2.75) is 72.1 Å². The second kappa shape index (κ2) is 8.60. The summed E-state index contributed by atoms with van der Waals surface area (Å²) in [6.45, 7) is 13.1. The van der Waals surface area contributed by atoms with Crippen molar-refractivity contribution in [3.8, 4) is 0 Å². The molecule has 0 radical (unpaired) electrons. The van der Waals surface area contributed by atoms with Gasteiger partial charge in [-0.15, -0.1) is 0 Å². The molecule has 26 heavy (non-hydrogen) atoms. The van der Waals surface area contributed by atoms with Crippen molar-refractivity contribution in [1.29, 1.82) is 0 Å². The number of hydrogen-bond donors (Lipinski definition) is 1. The zero-order valence-electron chi connectivity index (χ0n) is 16.9. The van der Waals surface area contributed by atoms with Crippen LogP contribution in [0.2, 0.25) is 0 Å². The molecule has 0 aromatic rings. The Morgan fingerprint density at radius 3 is 2.12 bits per heavy atom. The standard InChI is InChI=1S/C18H32N2O6/c1-8-24-14(21)12-9-10-20(16(23)26-18(5,6)7)11-13(12)19-15(22)25-17(2,3)4/h12-13H,8-11H2,1-7H3,(H,19,22). The number of carbonyl (C=O) groups is 3. The highest BCUT2D eigenvalue weighted by molar-refractivity contribution is 5.76. The first kappa shape index (κ1) is 22.1. The van der Waals surface area contributed by atoms with Crippen molar-refractivity contribution < 1.29 is 28.6 Å². The summed E-state index contributed by atoms with van der Waals surface area (Å²) in [5.41, 5.74) is -1.29. The van der Waals surface area contributed by atoms with Gasteiger partial charge in [-0.25, -0.2) is 9.59 Å². The molecular weight excluding hydrogens is 340 g/mol. The van der Waals surface area contributed by atoms with E-state index in [2.05, 4.69) is 5.32 Å². The van der Waals surface area contributed by atoms with E-state index in [1.54, 1.807) is 48.5 Å². The highest BCUT2D eigenvalue weighted by atomic mass is 16.6. The maximum atomic E-state index is 12.3. The van der Waals surface area contributed by atoms with Crippen molar-refractivity contribution in [2.75, 3.05) is 19.7 Å². The molecule has 150 valence electrons. The summed E-state index contributed by atoms with van der Waals surface area (Å²) in [5.74, 6) is -0.932. The minimum atomic E-state index is -0.664. The lowest BCUT2D eigenvalue weighted by Crippen LogP contribution is -2.57. The van der Waals surface area contributed by atoms with E-state index < -0.39 is 41.3 Å². The maximum absolute atomic E-state index is 12.3. The van der Waals surface area contributed by atoms with E-state index in [9.17, 15) is 14.4 Å². The zero-order valence-corrected chi connectivity index (χ0v) is 16.9. The van der Waals surface area contributed by atoms with Gasteiger partial charge < -0.3 is 24.4 Å². The van der Waals surface area contributed by atoms with Gasteiger partial charge in [0.25, 0.3) is 0 Å². The monoisotopic (exact) mass is 372 g/mol. The van der Waals surface area contributed by atoms with Crippen LogP contribution < -0.4 is 5.32 Å². The molecule has 0 bridgehead atoms. The van der Waals surface area contributed by atoms with Crippen molar-refractivity contribution in [2.24, 2.45) is 5.92 Å². The molecule has 2 atom stereocenters. The van der Waals surface area contributed by atoms with Crippen LogP contribution in [0.25, 0.3) is 0 Å². The summed E-state index contributed by atoms with van der Waals surface area (Å²) in [7, 11) is 0. The van der Waals surface area contributed by atoms with Gasteiger partial charge in [-0.1, -0.05) is 0 Å². The molecule has 0 aromatic carbocycles. The van der Waals surface area contributed by atoms with E-state index in [1.807, 2.05) is 0 Å². The number of amides is 2. The average molecular weight is 372 g/mol. The predicted molar refractivity (Wildman–Crippen MR) is 95.7 cm³/mol. The lowest BCUT2D eigenvalue weighted by atomic mass is 9.92. The van der Waals surface area contributed by atoms with Crippen molar-refractivity contribution in [1.82, 2.24) is 10.2 Å². The predicted octanol–water partition coefficient (Wildman–Crippen LogP) is 2.70. The largest absolute Gasteiger partial charge is 0.466 e. The Bertz CT molecular complexity index is 521. The van der Waals surface area contributed by atoms with E-state index in [1.165, 1.54) is 4.90 Å². The molecule has 1 rings (SSSR count). The molecule has 0 aromatic heterocycles. The SMILES string of the molecule is CCOC(=O)C1CCN(C(=O)OC(C)(C)C)CC1NC(=O)OC(C)(C)C. The quantitative estimate of drug-likeness (QED) is 0.605. The smallest absolute Gasteiger partial charge is 0.410 e. The molecule has 0 saturated carbocycles. The number of nitrogens with zero attached hydrogens (tertiary/aromatic N) is 1. The Morgan fingerprint density at radius 2 is 1.62 bits per heavy atom. The number of likely N-dealkylation sites (tertiary alicyclic amines) is 1. The summed E-state index contributed by atoms with van der Waals surface area (Å²) >= 11 is 0. The number of rotatable bonds is 3. The highest BCUT2D eigenvalue weighted by Gasteiger charge is 2.39. The molecule has 1 aliphatic rings. The molecule has 1 N–H and O–H groups in total. The van der Waals surface area contributed by atoms with Crippen molar-refractivity contribution in [3.05, 3.63) is 0 Å². The summed E-state index contributed by atoms with van der Waals surface area (Å²) in [4.78, 5) is 38.2. The Kier molecular flexibility index (Phi) is 7.29. The van der Waals surface area contributed by atoms with Crippen LogP contribution in [-0.2, 0) is 19.0 Å². The lowest BCUT2D eigenvalue weighted by molar-refractivity contribution is -0.150. The van der Waals surface area contributed by atoms with E-state index in [4.69, 9.17) is 14.2 Å². The second-order valence-corrected chi connectivity index (χ2v) is 8.33. The van der Waals surface area contributed by atoms with Crippen LogP contribution >= 0.6 is 0 Å². The van der Waals surface area contributed by atoms with Crippen LogP contribution in [0.1, 0.15) is 54.9 Å². The minimum absolute atomic E-state index is 0.150. The molecule has 0 aliphatic carbocycles. The molecule has 1 aliphatic heterocycles. The zero-order chi connectivity index (χ0) is 20.1. The Hall–Kier alpha value is -1.99. The van der Waals surface area contributed by atoms with Crippen LogP contribution in [0.3, 0.4) is 0 Å². The van der Waals surface area contributed by atoms with Gasteiger partial charge in [-0.2, -0.15) is 0 Å². The first-order valence-corrected chi connectivity index (χ1v) is 8.96. The molecule has 1 heterocycles. The number of piperidine rings is 1. The van der Waals surface area contributed by atoms with Gasteiger partial charge >= 0.3 is 18.2 Å². The number of esters is 1.